The van der Waals surface area contributed by atoms with Crippen molar-refractivity contribution < 1.29 is 22.0 Å². The van der Waals surface area contributed by atoms with Crippen LogP contribution in [0.4, 0.5) is 22.0 Å². The van der Waals surface area contributed by atoms with E-state index in [0.717, 1.165) is 13.8 Å². The third kappa shape index (κ3) is 1.17. The van der Waals surface area contributed by atoms with Crippen LogP contribution < -0.4 is 0 Å². The van der Waals surface area contributed by atoms with Crippen LogP contribution in [-0.4, -0.2) is 17.5 Å². The van der Waals surface area contributed by atoms with Gasteiger partial charge in [-0.05, 0) is 12.3 Å². The van der Waals surface area contributed by atoms with E-state index >= 15 is 0 Å². The lowest BCUT2D eigenvalue weighted by Gasteiger charge is -2.65. The molecule has 0 bridgehead atoms. The zero-order chi connectivity index (χ0) is 15.0. The highest BCUT2D eigenvalue weighted by atomic mass is 19.3. The van der Waals surface area contributed by atoms with Gasteiger partial charge in [0, 0.05) is 10.8 Å². The zero-order valence-corrected chi connectivity index (χ0v) is 11.9. The van der Waals surface area contributed by atoms with Crippen LogP contribution >= 0.6 is 0 Å². The predicted molar refractivity (Wildman–Crippen MR) is 60.8 cm³/mol. The maximum Gasteiger partial charge on any atom is 0.344 e. The summed E-state index contributed by atoms with van der Waals surface area (Å²) in [6, 6.07) is 0. The smallest absolute Gasteiger partial charge is 0.237 e. The van der Waals surface area contributed by atoms with E-state index in [4.69, 9.17) is 0 Å². The Morgan fingerprint density at radius 1 is 0.444 bits per heavy atom. The van der Waals surface area contributed by atoms with Gasteiger partial charge >= 0.3 is 11.8 Å². The van der Waals surface area contributed by atoms with Gasteiger partial charge in [0.05, 0.1) is 0 Å². The van der Waals surface area contributed by atoms with E-state index in [1.807, 2.05) is 0 Å². The van der Waals surface area contributed by atoms with Crippen molar-refractivity contribution in [2.75, 3.05) is 0 Å². The second-order valence-electron chi connectivity index (χ2n) is 7.03. The lowest BCUT2D eigenvalue weighted by atomic mass is 9.42. The molecule has 1 aliphatic carbocycles. The molecule has 0 heterocycles. The highest BCUT2D eigenvalue weighted by molar-refractivity contribution is 5.23. The number of hydrogen-bond donors (Lipinski definition) is 0. The lowest BCUT2D eigenvalue weighted by Crippen LogP contribution is -2.77. The van der Waals surface area contributed by atoms with Crippen molar-refractivity contribution in [2.45, 2.75) is 66.0 Å². The number of alkyl halides is 5. The predicted octanol–water partition coefficient (Wildman–Crippen LogP) is 5.08. The summed E-state index contributed by atoms with van der Waals surface area (Å²) in [6.45, 7) is 8.17. The van der Waals surface area contributed by atoms with Crippen LogP contribution in [0.15, 0.2) is 0 Å². The Hall–Kier alpha value is -0.350. The molecule has 0 spiro atoms. The minimum Gasteiger partial charge on any atom is -0.237 e. The maximum atomic E-state index is 14.5. The topological polar surface area (TPSA) is 0 Å². The van der Waals surface area contributed by atoms with Gasteiger partial charge in [-0.25, -0.2) is 4.39 Å². The quantitative estimate of drug-likeness (QED) is 0.540. The molecule has 0 amide bonds. The fourth-order valence-corrected chi connectivity index (χ4v) is 2.84. The van der Waals surface area contributed by atoms with Gasteiger partial charge < -0.3 is 0 Å². The first-order valence-electron chi connectivity index (χ1n) is 5.94. The van der Waals surface area contributed by atoms with Gasteiger partial charge in [0.1, 0.15) is 0 Å². The Labute approximate surface area is 105 Å². The molecule has 0 aromatic heterocycles. The third-order valence-corrected chi connectivity index (χ3v) is 6.07. The van der Waals surface area contributed by atoms with Crippen LogP contribution in [0.25, 0.3) is 0 Å². The molecule has 0 radical (unpaired) electrons. The highest BCUT2D eigenvalue weighted by Crippen LogP contribution is 2.73. The Bertz CT molecular complexity index is 247. The maximum absolute atomic E-state index is 14.5. The van der Waals surface area contributed by atoms with E-state index < -0.39 is 33.8 Å². The average molecular weight is 272 g/mol. The first-order valence-corrected chi connectivity index (χ1v) is 5.94. The molecule has 0 aromatic carbocycles. The normalized spacial score (nSPS) is 39.3. The van der Waals surface area contributed by atoms with E-state index in [0.29, 0.717) is 6.92 Å². The largest absolute Gasteiger partial charge is 0.344 e. The van der Waals surface area contributed by atoms with Crippen LogP contribution in [0.1, 0.15) is 48.5 Å². The summed E-state index contributed by atoms with van der Waals surface area (Å²) >= 11 is 0. The van der Waals surface area contributed by atoms with Gasteiger partial charge in [-0.3, -0.25) is 0 Å². The molecule has 1 rings (SSSR count). The van der Waals surface area contributed by atoms with Crippen LogP contribution in [0, 0.1) is 16.2 Å². The first-order chi connectivity index (χ1) is 7.50. The molecule has 0 aromatic rings. The van der Waals surface area contributed by atoms with Crippen LogP contribution in [0.5, 0.6) is 0 Å². The summed E-state index contributed by atoms with van der Waals surface area (Å²) in [5.41, 5.74) is -8.23. The first kappa shape index (κ1) is 15.7. The van der Waals surface area contributed by atoms with Crippen molar-refractivity contribution in [1.82, 2.24) is 0 Å². The molecule has 18 heavy (non-hydrogen) atoms. The average Bonchev–Trinajstić information content (AvgIpc) is 2.14. The van der Waals surface area contributed by atoms with Crippen molar-refractivity contribution in [2.24, 2.45) is 16.2 Å². The van der Waals surface area contributed by atoms with Gasteiger partial charge in [0.25, 0.3) is 0 Å². The fraction of sp³-hybridized carbons (Fsp3) is 1.00. The second kappa shape index (κ2) is 3.21. The highest BCUT2D eigenvalue weighted by Gasteiger charge is 2.85. The Morgan fingerprint density at radius 2 is 0.778 bits per heavy atom. The van der Waals surface area contributed by atoms with Crippen LogP contribution in [0.2, 0.25) is 0 Å². The number of rotatable bonds is 0. The van der Waals surface area contributed by atoms with Crippen molar-refractivity contribution in [1.29, 1.82) is 0 Å². The Balaban J connectivity index is 3.72. The Kier molecular flexibility index (Phi) is 2.80. The molecule has 0 aliphatic heterocycles. The molecular formula is C13H21F5. The third-order valence-electron chi connectivity index (χ3n) is 6.07. The fourth-order valence-electron chi connectivity index (χ4n) is 2.84. The summed E-state index contributed by atoms with van der Waals surface area (Å²) in [5, 5.41) is 0. The van der Waals surface area contributed by atoms with Gasteiger partial charge in [0.15, 0.2) is 5.67 Å². The summed E-state index contributed by atoms with van der Waals surface area (Å²) in [6.07, 6.45) is 0. The molecule has 1 aliphatic rings. The standard InChI is InChI=1S/C13H21F5/c1-8(2)9(3,4)11(7,14)13(17,18)12(15,16)10(8,5)6/h1-7H3. The van der Waals surface area contributed by atoms with Crippen molar-refractivity contribution in [3.8, 4) is 0 Å². The summed E-state index contributed by atoms with van der Waals surface area (Å²) in [7, 11) is 0. The van der Waals surface area contributed by atoms with Crippen molar-refractivity contribution in [3.63, 3.8) is 0 Å². The monoisotopic (exact) mass is 272 g/mol. The number of hydrogen-bond acceptors (Lipinski definition) is 0. The molecule has 108 valence electrons. The van der Waals surface area contributed by atoms with Gasteiger partial charge in [0.2, 0.25) is 0 Å². The number of halogens is 5. The van der Waals surface area contributed by atoms with E-state index in [-0.39, 0.29) is 0 Å². The van der Waals surface area contributed by atoms with Crippen LogP contribution in [-0.2, 0) is 0 Å². The van der Waals surface area contributed by atoms with Gasteiger partial charge in [-0.15, -0.1) is 0 Å². The molecule has 0 N–H and O–H groups in total. The molecular weight excluding hydrogens is 251 g/mol. The lowest BCUT2D eigenvalue weighted by molar-refractivity contribution is -0.395. The molecule has 0 nitrogen and oxygen atoms in total. The Morgan fingerprint density at radius 3 is 1.11 bits per heavy atom. The zero-order valence-electron chi connectivity index (χ0n) is 11.9. The molecule has 1 unspecified atom stereocenters. The minimum absolute atomic E-state index is 0.581. The van der Waals surface area contributed by atoms with E-state index in [9.17, 15) is 22.0 Å². The van der Waals surface area contributed by atoms with E-state index in [1.54, 1.807) is 0 Å². The van der Waals surface area contributed by atoms with Crippen molar-refractivity contribution >= 4 is 0 Å². The van der Waals surface area contributed by atoms with Gasteiger partial charge in [-0.2, -0.15) is 17.6 Å². The van der Waals surface area contributed by atoms with E-state index in [1.165, 1.54) is 27.7 Å². The molecule has 1 fully saturated rings. The molecule has 5 heteroatoms. The summed E-state index contributed by atoms with van der Waals surface area (Å²) in [4.78, 5) is 0. The van der Waals surface area contributed by atoms with Crippen molar-refractivity contribution in [3.05, 3.63) is 0 Å². The molecule has 0 saturated heterocycles. The summed E-state index contributed by atoms with van der Waals surface area (Å²) in [5.74, 6) is -9.12. The van der Waals surface area contributed by atoms with Gasteiger partial charge in [-0.1, -0.05) is 41.5 Å². The van der Waals surface area contributed by atoms with E-state index in [2.05, 4.69) is 0 Å². The molecule has 1 saturated carbocycles. The molecule has 1 atom stereocenters. The summed E-state index contributed by atoms with van der Waals surface area (Å²) < 4.78 is 70.7. The van der Waals surface area contributed by atoms with Crippen LogP contribution in [0.3, 0.4) is 0 Å². The minimum atomic E-state index is -4.71. The second-order valence-corrected chi connectivity index (χ2v) is 7.03. The SMILES string of the molecule is CC1(C)C(C)(C)C(C)(F)C(F)(F)C(F)(F)C1(C)C.